The van der Waals surface area contributed by atoms with E-state index in [9.17, 15) is 9.18 Å². The van der Waals surface area contributed by atoms with Gasteiger partial charge in [0.1, 0.15) is 6.61 Å². The van der Waals surface area contributed by atoms with Gasteiger partial charge in [0.2, 0.25) is 5.91 Å². The van der Waals surface area contributed by atoms with Crippen molar-refractivity contribution in [2.45, 2.75) is 25.4 Å². The van der Waals surface area contributed by atoms with E-state index in [-0.39, 0.29) is 36.7 Å². The number of nitrogens with zero attached hydrogens (tertiary/aromatic N) is 3. The van der Waals surface area contributed by atoms with E-state index in [1.807, 2.05) is 0 Å². The second kappa shape index (κ2) is 8.06. The molecule has 0 radical (unpaired) electrons. The molecule has 1 fully saturated rings. The van der Waals surface area contributed by atoms with Gasteiger partial charge in [0, 0.05) is 26.1 Å². The van der Waals surface area contributed by atoms with Gasteiger partial charge in [0.15, 0.2) is 24.0 Å². The van der Waals surface area contributed by atoms with Crippen LogP contribution in [0.2, 0.25) is 0 Å². The molecule has 3 rings (SSSR count). The number of rotatable bonds is 6. The number of piperidine rings is 1. The van der Waals surface area contributed by atoms with Crippen molar-refractivity contribution >= 4 is 5.91 Å². The zero-order valence-electron chi connectivity index (χ0n) is 14.0. The van der Waals surface area contributed by atoms with Crippen LogP contribution < -0.4 is 4.74 Å². The summed E-state index contributed by atoms with van der Waals surface area (Å²) < 4.78 is 29.0. The van der Waals surface area contributed by atoms with Crippen LogP contribution in [0.1, 0.15) is 30.5 Å². The summed E-state index contributed by atoms with van der Waals surface area (Å²) in [6, 6.07) is 6.13. The molecule has 0 aliphatic carbocycles. The molecule has 1 unspecified atom stereocenters. The van der Waals surface area contributed by atoms with Crippen molar-refractivity contribution in [2.75, 3.05) is 26.8 Å². The Labute approximate surface area is 144 Å². The second-order valence-electron chi connectivity index (χ2n) is 5.88. The number of halogens is 1. The number of carbonyl (C=O) groups excluding carboxylic acids is 1. The molecule has 8 heteroatoms. The highest BCUT2D eigenvalue weighted by Crippen LogP contribution is 2.25. The van der Waals surface area contributed by atoms with Crippen molar-refractivity contribution in [2.24, 2.45) is 0 Å². The fraction of sp³-hybridized carbons (Fsp3) is 0.471. The number of hydrogen-bond acceptors (Lipinski definition) is 6. The Bertz CT molecular complexity index is 721. The Morgan fingerprint density at radius 1 is 1.44 bits per heavy atom. The first-order chi connectivity index (χ1) is 12.2. The minimum atomic E-state index is -0.443. The molecule has 0 saturated carbocycles. The normalized spacial score (nSPS) is 17.5. The van der Waals surface area contributed by atoms with Gasteiger partial charge < -0.3 is 18.9 Å². The number of benzene rings is 1. The largest absolute Gasteiger partial charge is 0.481 e. The monoisotopic (exact) mass is 349 g/mol. The molecule has 7 nitrogen and oxygen atoms in total. The number of para-hydroxylation sites is 1. The number of likely N-dealkylation sites (tertiary alicyclic amines) is 1. The van der Waals surface area contributed by atoms with E-state index in [1.54, 1.807) is 17.0 Å². The van der Waals surface area contributed by atoms with Crippen LogP contribution in [0.25, 0.3) is 0 Å². The van der Waals surface area contributed by atoms with Crippen molar-refractivity contribution in [3.05, 3.63) is 41.8 Å². The predicted octanol–water partition coefficient (Wildman–Crippen LogP) is 2.14. The molecule has 1 aromatic heterocycles. The third kappa shape index (κ3) is 4.33. The van der Waals surface area contributed by atoms with Crippen LogP contribution in [0.4, 0.5) is 4.39 Å². The molecule has 1 saturated heterocycles. The van der Waals surface area contributed by atoms with E-state index in [4.69, 9.17) is 14.0 Å². The summed E-state index contributed by atoms with van der Waals surface area (Å²) in [4.78, 5) is 18.0. The number of hydrogen-bond donors (Lipinski definition) is 0. The fourth-order valence-electron chi connectivity index (χ4n) is 2.82. The number of carbonyl (C=O) groups is 1. The molecule has 25 heavy (non-hydrogen) atoms. The second-order valence-corrected chi connectivity index (χ2v) is 5.88. The minimum absolute atomic E-state index is 0.00697. The molecule has 0 N–H and O–H groups in total. The van der Waals surface area contributed by atoms with Crippen molar-refractivity contribution in [1.29, 1.82) is 0 Å². The number of ether oxygens (including phenoxy) is 2. The molecular formula is C17H20FN3O4. The molecule has 1 aliphatic heterocycles. The van der Waals surface area contributed by atoms with Crippen LogP contribution in [0.3, 0.4) is 0 Å². The summed E-state index contributed by atoms with van der Waals surface area (Å²) in [5.74, 6) is 0.484. The van der Waals surface area contributed by atoms with Crippen molar-refractivity contribution in [3.8, 4) is 5.75 Å². The third-order valence-electron chi connectivity index (χ3n) is 4.08. The lowest BCUT2D eigenvalue weighted by Crippen LogP contribution is -2.41. The van der Waals surface area contributed by atoms with Crippen molar-refractivity contribution in [3.63, 3.8) is 0 Å². The summed E-state index contributed by atoms with van der Waals surface area (Å²) in [5, 5.41) is 3.99. The quantitative estimate of drug-likeness (QED) is 0.795. The first kappa shape index (κ1) is 17.3. The third-order valence-corrected chi connectivity index (χ3v) is 4.08. The van der Waals surface area contributed by atoms with Gasteiger partial charge in [0.05, 0.1) is 0 Å². The minimum Gasteiger partial charge on any atom is -0.481 e. The number of methoxy groups -OCH3 is 1. The van der Waals surface area contributed by atoms with E-state index in [0.29, 0.717) is 18.9 Å². The molecular weight excluding hydrogens is 329 g/mol. The van der Waals surface area contributed by atoms with Gasteiger partial charge in [-0.15, -0.1) is 0 Å². The Balaban J connectivity index is 1.59. The van der Waals surface area contributed by atoms with Gasteiger partial charge in [-0.05, 0) is 25.0 Å². The van der Waals surface area contributed by atoms with Crippen LogP contribution in [0.15, 0.2) is 28.8 Å². The van der Waals surface area contributed by atoms with E-state index in [0.717, 1.165) is 12.8 Å². The average Bonchev–Trinajstić information content (AvgIpc) is 3.10. The van der Waals surface area contributed by atoms with Crippen LogP contribution in [-0.4, -0.2) is 47.8 Å². The van der Waals surface area contributed by atoms with E-state index >= 15 is 0 Å². The zero-order chi connectivity index (χ0) is 17.6. The van der Waals surface area contributed by atoms with Gasteiger partial charge in [0.25, 0.3) is 5.89 Å². The van der Waals surface area contributed by atoms with Crippen LogP contribution in [0.5, 0.6) is 5.75 Å². The Morgan fingerprint density at radius 3 is 3.08 bits per heavy atom. The summed E-state index contributed by atoms with van der Waals surface area (Å²) in [7, 11) is 1.50. The summed E-state index contributed by atoms with van der Waals surface area (Å²) in [6.07, 6.45) is 1.75. The first-order valence-electron chi connectivity index (χ1n) is 8.14. The van der Waals surface area contributed by atoms with Crippen LogP contribution in [-0.2, 0) is 16.1 Å². The Hall–Kier alpha value is -2.48. The first-order valence-corrected chi connectivity index (χ1v) is 8.14. The topological polar surface area (TPSA) is 77.7 Å². The maximum Gasteiger partial charge on any atom is 0.264 e. The van der Waals surface area contributed by atoms with Gasteiger partial charge in [-0.1, -0.05) is 17.3 Å². The molecule has 134 valence electrons. The lowest BCUT2D eigenvalue weighted by molar-refractivity contribution is -0.136. The maximum absolute atomic E-state index is 13.5. The maximum atomic E-state index is 13.5. The Kier molecular flexibility index (Phi) is 5.60. The standard InChI is InChI=1S/C17H20FN3O4/c1-23-11-16(22)21-8-4-5-12(9-21)17-19-15(25-20-17)10-24-14-7-3-2-6-13(14)18/h2-3,6-7,12H,4-5,8-11H2,1H3. The summed E-state index contributed by atoms with van der Waals surface area (Å²) in [6.45, 7) is 1.31. The van der Waals surface area contributed by atoms with Gasteiger partial charge in [-0.3, -0.25) is 4.79 Å². The molecule has 1 aromatic carbocycles. The molecule has 1 atom stereocenters. The zero-order valence-corrected chi connectivity index (χ0v) is 14.0. The fourth-order valence-corrected chi connectivity index (χ4v) is 2.82. The van der Waals surface area contributed by atoms with Crippen LogP contribution in [0, 0.1) is 5.82 Å². The molecule has 1 aliphatic rings. The number of amides is 1. The predicted molar refractivity (Wildman–Crippen MR) is 85.5 cm³/mol. The van der Waals surface area contributed by atoms with Gasteiger partial charge >= 0.3 is 0 Å². The van der Waals surface area contributed by atoms with Gasteiger partial charge in [-0.2, -0.15) is 4.98 Å². The van der Waals surface area contributed by atoms with Gasteiger partial charge in [-0.25, -0.2) is 4.39 Å². The van der Waals surface area contributed by atoms with E-state index < -0.39 is 5.82 Å². The van der Waals surface area contributed by atoms with E-state index in [2.05, 4.69) is 10.1 Å². The Morgan fingerprint density at radius 2 is 2.28 bits per heavy atom. The highest BCUT2D eigenvalue weighted by Gasteiger charge is 2.28. The molecule has 0 spiro atoms. The van der Waals surface area contributed by atoms with Crippen molar-refractivity contribution < 1.29 is 23.2 Å². The summed E-state index contributed by atoms with van der Waals surface area (Å²) >= 11 is 0. The number of aromatic nitrogens is 2. The SMILES string of the molecule is COCC(=O)N1CCCC(c2noc(COc3ccccc3F)n2)C1. The lowest BCUT2D eigenvalue weighted by Gasteiger charge is -2.31. The van der Waals surface area contributed by atoms with Crippen LogP contribution >= 0.6 is 0 Å². The lowest BCUT2D eigenvalue weighted by atomic mass is 9.97. The summed E-state index contributed by atoms with van der Waals surface area (Å²) in [5.41, 5.74) is 0. The highest BCUT2D eigenvalue weighted by atomic mass is 19.1. The van der Waals surface area contributed by atoms with Crippen molar-refractivity contribution in [1.82, 2.24) is 15.0 Å². The van der Waals surface area contributed by atoms with E-state index in [1.165, 1.54) is 19.2 Å². The average molecular weight is 349 g/mol. The highest BCUT2D eigenvalue weighted by molar-refractivity contribution is 5.77. The molecule has 0 bridgehead atoms. The molecule has 2 heterocycles. The smallest absolute Gasteiger partial charge is 0.264 e. The molecule has 2 aromatic rings. The molecule has 1 amide bonds.